The van der Waals surface area contributed by atoms with Gasteiger partial charge in [-0.1, -0.05) is 11.6 Å². The molecule has 7 nitrogen and oxygen atoms in total. The molecule has 1 aliphatic rings. The van der Waals surface area contributed by atoms with Gasteiger partial charge in [0.05, 0.1) is 19.0 Å². The first-order valence-corrected chi connectivity index (χ1v) is 6.55. The SMILES string of the molecule is COCC1CCC(n2cnc3c(Cl)nc(C#N)nc32)O1. The van der Waals surface area contributed by atoms with E-state index in [1.807, 2.05) is 6.07 Å². The lowest BCUT2D eigenvalue weighted by Crippen LogP contribution is -2.15. The Morgan fingerprint density at radius 2 is 2.40 bits per heavy atom. The number of methoxy groups -OCH3 is 1. The standard InChI is InChI=1S/C12H12ClN5O2/c1-19-5-7-2-3-9(20-7)18-6-15-10-11(13)16-8(4-14)17-12(10)18/h6-7,9H,2-3,5H2,1H3. The topological polar surface area (TPSA) is 85.9 Å². The Labute approximate surface area is 120 Å². The lowest BCUT2D eigenvalue weighted by Gasteiger charge is -2.14. The number of rotatable bonds is 3. The third-order valence-corrected chi connectivity index (χ3v) is 3.49. The minimum absolute atomic E-state index is 0.0238. The number of hydrogen-bond acceptors (Lipinski definition) is 6. The van der Waals surface area contributed by atoms with Gasteiger partial charge in [0, 0.05) is 7.11 Å². The summed E-state index contributed by atoms with van der Waals surface area (Å²) in [6, 6.07) is 1.89. The zero-order chi connectivity index (χ0) is 14.1. The van der Waals surface area contributed by atoms with Crippen molar-refractivity contribution in [2.45, 2.75) is 25.2 Å². The number of hydrogen-bond donors (Lipinski definition) is 0. The van der Waals surface area contributed by atoms with E-state index in [9.17, 15) is 0 Å². The Morgan fingerprint density at radius 1 is 1.55 bits per heavy atom. The Morgan fingerprint density at radius 3 is 3.15 bits per heavy atom. The second-order valence-electron chi connectivity index (χ2n) is 4.52. The van der Waals surface area contributed by atoms with Crippen LogP contribution in [0.3, 0.4) is 0 Å². The van der Waals surface area contributed by atoms with Crippen LogP contribution >= 0.6 is 11.6 Å². The molecular weight excluding hydrogens is 282 g/mol. The summed E-state index contributed by atoms with van der Waals surface area (Å²) in [7, 11) is 1.65. The summed E-state index contributed by atoms with van der Waals surface area (Å²) in [6.07, 6.45) is 3.25. The Balaban J connectivity index is 1.97. The van der Waals surface area contributed by atoms with Gasteiger partial charge in [-0.3, -0.25) is 4.57 Å². The average Bonchev–Trinajstić information content (AvgIpc) is 3.05. The van der Waals surface area contributed by atoms with Crippen molar-refractivity contribution in [2.24, 2.45) is 0 Å². The highest BCUT2D eigenvalue weighted by molar-refractivity contribution is 6.33. The van der Waals surface area contributed by atoms with Crippen LogP contribution in [0.15, 0.2) is 6.33 Å². The van der Waals surface area contributed by atoms with Crippen molar-refractivity contribution in [3.63, 3.8) is 0 Å². The fourth-order valence-corrected chi connectivity index (χ4v) is 2.56. The van der Waals surface area contributed by atoms with Crippen LogP contribution in [-0.2, 0) is 9.47 Å². The van der Waals surface area contributed by atoms with Crippen LogP contribution < -0.4 is 0 Å². The van der Waals surface area contributed by atoms with E-state index >= 15 is 0 Å². The number of halogens is 1. The van der Waals surface area contributed by atoms with Gasteiger partial charge in [-0.05, 0) is 12.8 Å². The molecule has 0 spiro atoms. The molecule has 2 aromatic heterocycles. The molecule has 0 N–H and O–H groups in total. The van der Waals surface area contributed by atoms with Crippen LogP contribution in [0.1, 0.15) is 24.9 Å². The van der Waals surface area contributed by atoms with Gasteiger partial charge in [-0.15, -0.1) is 0 Å². The molecule has 3 rings (SSSR count). The molecule has 0 saturated carbocycles. The van der Waals surface area contributed by atoms with Gasteiger partial charge in [0.15, 0.2) is 10.8 Å². The van der Waals surface area contributed by atoms with Gasteiger partial charge in [0.1, 0.15) is 17.8 Å². The number of nitriles is 1. The lowest BCUT2D eigenvalue weighted by molar-refractivity contribution is -0.0300. The molecule has 2 aromatic rings. The number of fused-ring (bicyclic) bond motifs is 1. The molecule has 1 saturated heterocycles. The maximum absolute atomic E-state index is 8.92. The fourth-order valence-electron chi connectivity index (χ4n) is 2.34. The van der Waals surface area contributed by atoms with E-state index in [4.69, 9.17) is 26.3 Å². The molecule has 1 fully saturated rings. The first kappa shape index (κ1) is 13.2. The van der Waals surface area contributed by atoms with E-state index in [-0.39, 0.29) is 23.3 Å². The maximum Gasteiger partial charge on any atom is 0.235 e. The van der Waals surface area contributed by atoms with Gasteiger partial charge in [-0.2, -0.15) is 10.2 Å². The van der Waals surface area contributed by atoms with E-state index in [1.54, 1.807) is 18.0 Å². The highest BCUT2D eigenvalue weighted by atomic mass is 35.5. The van der Waals surface area contributed by atoms with Gasteiger partial charge in [-0.25, -0.2) is 9.97 Å². The van der Waals surface area contributed by atoms with Crippen LogP contribution in [-0.4, -0.2) is 39.3 Å². The molecule has 1 aliphatic heterocycles. The smallest absolute Gasteiger partial charge is 0.235 e. The Kier molecular flexibility index (Phi) is 3.53. The second-order valence-corrected chi connectivity index (χ2v) is 4.88. The molecule has 0 radical (unpaired) electrons. The molecule has 0 aliphatic carbocycles. The van der Waals surface area contributed by atoms with Crippen molar-refractivity contribution in [1.29, 1.82) is 5.26 Å². The van der Waals surface area contributed by atoms with Crippen molar-refractivity contribution < 1.29 is 9.47 Å². The minimum atomic E-state index is -0.169. The summed E-state index contributed by atoms with van der Waals surface area (Å²) in [5, 5.41) is 9.09. The van der Waals surface area contributed by atoms with Gasteiger partial charge in [0.2, 0.25) is 5.82 Å². The first-order valence-electron chi connectivity index (χ1n) is 6.17. The molecule has 0 amide bonds. The maximum atomic E-state index is 8.92. The van der Waals surface area contributed by atoms with E-state index in [1.165, 1.54) is 0 Å². The van der Waals surface area contributed by atoms with E-state index in [0.29, 0.717) is 17.8 Å². The van der Waals surface area contributed by atoms with E-state index < -0.39 is 0 Å². The third-order valence-electron chi connectivity index (χ3n) is 3.23. The van der Waals surface area contributed by atoms with E-state index in [2.05, 4.69) is 15.0 Å². The highest BCUT2D eigenvalue weighted by Gasteiger charge is 2.28. The summed E-state index contributed by atoms with van der Waals surface area (Å²) in [5.41, 5.74) is 0.995. The number of aromatic nitrogens is 4. The predicted octanol–water partition coefficient (Wildman–Crippen LogP) is 1.68. The monoisotopic (exact) mass is 293 g/mol. The second kappa shape index (κ2) is 5.32. The van der Waals surface area contributed by atoms with Crippen LogP contribution in [0, 0.1) is 11.3 Å². The molecule has 0 bridgehead atoms. The minimum Gasteiger partial charge on any atom is -0.382 e. The zero-order valence-corrected chi connectivity index (χ0v) is 11.5. The fraction of sp³-hybridized carbons (Fsp3) is 0.500. The number of ether oxygens (including phenoxy) is 2. The summed E-state index contributed by atoms with van der Waals surface area (Å²) in [5.74, 6) is 0.0238. The average molecular weight is 294 g/mol. The first-order chi connectivity index (χ1) is 9.72. The third kappa shape index (κ3) is 2.22. The Bertz CT molecular complexity index is 680. The highest BCUT2D eigenvalue weighted by Crippen LogP contribution is 2.31. The van der Waals surface area contributed by atoms with Gasteiger partial charge < -0.3 is 9.47 Å². The van der Waals surface area contributed by atoms with Crippen LogP contribution in [0.2, 0.25) is 5.15 Å². The molecule has 0 aromatic carbocycles. The molecule has 3 heterocycles. The molecule has 8 heteroatoms. The van der Waals surface area contributed by atoms with Gasteiger partial charge >= 0.3 is 0 Å². The zero-order valence-electron chi connectivity index (χ0n) is 10.8. The molecule has 20 heavy (non-hydrogen) atoms. The summed E-state index contributed by atoms with van der Waals surface area (Å²) in [4.78, 5) is 12.2. The predicted molar refractivity (Wildman–Crippen MR) is 70.1 cm³/mol. The van der Waals surface area contributed by atoms with Crippen molar-refractivity contribution in [1.82, 2.24) is 19.5 Å². The summed E-state index contributed by atoms with van der Waals surface area (Å²) in [6.45, 7) is 0.558. The normalized spacial score (nSPS) is 22.2. The van der Waals surface area contributed by atoms with Crippen molar-refractivity contribution in [2.75, 3.05) is 13.7 Å². The van der Waals surface area contributed by atoms with Gasteiger partial charge in [0.25, 0.3) is 0 Å². The Hall–Kier alpha value is -1.75. The lowest BCUT2D eigenvalue weighted by atomic mass is 10.2. The number of nitrogens with zero attached hydrogens (tertiary/aromatic N) is 5. The molecular formula is C12H12ClN5O2. The molecule has 2 atom stereocenters. The number of imidazole rings is 1. The van der Waals surface area contributed by atoms with Crippen molar-refractivity contribution in [3.05, 3.63) is 17.3 Å². The van der Waals surface area contributed by atoms with Crippen LogP contribution in [0.5, 0.6) is 0 Å². The van der Waals surface area contributed by atoms with Crippen LogP contribution in [0.4, 0.5) is 0 Å². The summed E-state index contributed by atoms with van der Waals surface area (Å²) >= 11 is 6.00. The molecule has 104 valence electrons. The van der Waals surface area contributed by atoms with E-state index in [0.717, 1.165) is 12.8 Å². The molecule has 2 unspecified atom stereocenters. The van der Waals surface area contributed by atoms with Crippen molar-refractivity contribution in [3.8, 4) is 6.07 Å². The van der Waals surface area contributed by atoms with Crippen molar-refractivity contribution >= 4 is 22.8 Å². The van der Waals surface area contributed by atoms with Crippen LogP contribution in [0.25, 0.3) is 11.2 Å². The summed E-state index contributed by atoms with van der Waals surface area (Å²) < 4.78 is 12.8. The quantitative estimate of drug-likeness (QED) is 0.800. The largest absolute Gasteiger partial charge is 0.382 e.